The van der Waals surface area contributed by atoms with Gasteiger partial charge in [-0.15, -0.1) is 0 Å². The molecule has 4 heteroatoms. The molecule has 0 aromatic heterocycles. The van der Waals surface area contributed by atoms with E-state index in [4.69, 9.17) is 4.74 Å². The van der Waals surface area contributed by atoms with Crippen molar-refractivity contribution in [2.75, 3.05) is 7.11 Å². The molecule has 0 aromatic rings. The molecule has 112 valence electrons. The van der Waals surface area contributed by atoms with E-state index < -0.39 is 5.92 Å². The van der Waals surface area contributed by atoms with Crippen LogP contribution in [0.2, 0.25) is 0 Å². The highest BCUT2D eigenvalue weighted by Crippen LogP contribution is 2.27. The van der Waals surface area contributed by atoms with Crippen LogP contribution >= 0.6 is 0 Å². The van der Waals surface area contributed by atoms with Gasteiger partial charge >= 0.3 is 0 Å². The molecule has 1 aliphatic rings. The van der Waals surface area contributed by atoms with Gasteiger partial charge in [-0.3, -0.25) is 14.4 Å². The molecule has 1 atom stereocenters. The van der Waals surface area contributed by atoms with Crippen LogP contribution in [0.15, 0.2) is 11.6 Å². The SMILES string of the molecule is COC(C)(C)CCC1=CC(=O)[C@H](C(=O)CC(C)C)C1=O. The third-order valence-corrected chi connectivity index (χ3v) is 3.66. The summed E-state index contributed by atoms with van der Waals surface area (Å²) in [7, 11) is 1.62. The van der Waals surface area contributed by atoms with Crippen molar-refractivity contribution in [1.29, 1.82) is 0 Å². The Kier molecular flexibility index (Phi) is 5.40. The van der Waals surface area contributed by atoms with Crippen LogP contribution in [0.1, 0.15) is 47.0 Å². The Morgan fingerprint density at radius 2 is 1.95 bits per heavy atom. The number of carbonyl (C=O) groups is 3. The zero-order valence-corrected chi connectivity index (χ0v) is 13.0. The molecular weight excluding hydrogens is 256 g/mol. The number of methoxy groups -OCH3 is 1. The van der Waals surface area contributed by atoms with E-state index in [1.54, 1.807) is 7.11 Å². The van der Waals surface area contributed by atoms with Gasteiger partial charge in [0.05, 0.1) is 5.60 Å². The number of rotatable bonds is 7. The maximum atomic E-state index is 12.2. The van der Waals surface area contributed by atoms with Crippen LogP contribution in [0.5, 0.6) is 0 Å². The Morgan fingerprint density at radius 3 is 2.45 bits per heavy atom. The van der Waals surface area contributed by atoms with Crippen LogP contribution < -0.4 is 0 Å². The summed E-state index contributed by atoms with van der Waals surface area (Å²) < 4.78 is 5.30. The second-order valence-corrected chi connectivity index (χ2v) is 6.40. The molecule has 0 radical (unpaired) electrons. The number of hydrogen-bond acceptors (Lipinski definition) is 4. The van der Waals surface area contributed by atoms with Crippen molar-refractivity contribution in [2.45, 2.75) is 52.6 Å². The van der Waals surface area contributed by atoms with Gasteiger partial charge in [0.25, 0.3) is 0 Å². The number of carbonyl (C=O) groups excluding carboxylic acids is 3. The summed E-state index contributed by atoms with van der Waals surface area (Å²) in [4.78, 5) is 36.0. The Hall–Kier alpha value is -1.29. The zero-order chi connectivity index (χ0) is 15.5. The molecule has 0 aliphatic heterocycles. The quantitative estimate of drug-likeness (QED) is 0.672. The molecule has 4 nitrogen and oxygen atoms in total. The Morgan fingerprint density at radius 1 is 1.35 bits per heavy atom. The average molecular weight is 280 g/mol. The first-order valence-corrected chi connectivity index (χ1v) is 7.04. The lowest BCUT2D eigenvalue weighted by atomic mass is 9.90. The summed E-state index contributed by atoms with van der Waals surface area (Å²) in [5.74, 6) is -1.86. The molecule has 0 aromatic carbocycles. The van der Waals surface area contributed by atoms with Crippen LogP contribution in [0.25, 0.3) is 0 Å². The Balaban J connectivity index is 2.70. The summed E-state index contributed by atoms with van der Waals surface area (Å²) >= 11 is 0. The van der Waals surface area contributed by atoms with E-state index in [-0.39, 0.29) is 35.3 Å². The molecule has 20 heavy (non-hydrogen) atoms. The lowest BCUT2D eigenvalue weighted by Crippen LogP contribution is -2.28. The maximum Gasteiger partial charge on any atom is 0.177 e. The molecule has 0 fully saturated rings. The van der Waals surface area contributed by atoms with Gasteiger partial charge in [-0.05, 0) is 38.7 Å². The van der Waals surface area contributed by atoms with Crippen molar-refractivity contribution in [3.05, 3.63) is 11.6 Å². The summed E-state index contributed by atoms with van der Waals surface area (Å²) in [6, 6.07) is 0. The monoisotopic (exact) mass is 280 g/mol. The fourth-order valence-corrected chi connectivity index (χ4v) is 2.20. The smallest absolute Gasteiger partial charge is 0.177 e. The van der Waals surface area contributed by atoms with E-state index in [9.17, 15) is 14.4 Å². The highest BCUT2D eigenvalue weighted by molar-refractivity contribution is 6.32. The Labute approximate surface area is 120 Å². The molecule has 0 unspecified atom stereocenters. The van der Waals surface area contributed by atoms with E-state index in [1.807, 2.05) is 27.7 Å². The Bertz CT molecular complexity index is 443. The van der Waals surface area contributed by atoms with Crippen molar-refractivity contribution < 1.29 is 19.1 Å². The number of ketones is 3. The largest absolute Gasteiger partial charge is 0.379 e. The highest BCUT2D eigenvalue weighted by atomic mass is 16.5. The third kappa shape index (κ3) is 4.10. The zero-order valence-electron chi connectivity index (χ0n) is 13.0. The van der Waals surface area contributed by atoms with E-state index in [0.717, 1.165) is 0 Å². The highest BCUT2D eigenvalue weighted by Gasteiger charge is 2.39. The van der Waals surface area contributed by atoms with Crippen molar-refractivity contribution in [1.82, 2.24) is 0 Å². The predicted octanol–water partition coefficient (Wildman–Crippen LogP) is 2.50. The van der Waals surface area contributed by atoms with E-state index >= 15 is 0 Å². The summed E-state index contributed by atoms with van der Waals surface area (Å²) in [6.07, 6.45) is 2.72. The second kappa shape index (κ2) is 6.44. The van der Waals surface area contributed by atoms with Gasteiger partial charge in [0.1, 0.15) is 5.92 Å². The van der Waals surface area contributed by atoms with Crippen LogP contribution in [0.3, 0.4) is 0 Å². The van der Waals surface area contributed by atoms with Gasteiger partial charge in [-0.25, -0.2) is 0 Å². The lowest BCUT2D eigenvalue weighted by Gasteiger charge is -2.22. The normalized spacial score (nSPS) is 19.7. The second-order valence-electron chi connectivity index (χ2n) is 6.40. The van der Waals surface area contributed by atoms with Crippen LogP contribution in [-0.4, -0.2) is 30.1 Å². The minimum atomic E-state index is -1.09. The van der Waals surface area contributed by atoms with Crippen molar-refractivity contribution in [2.24, 2.45) is 11.8 Å². The van der Waals surface area contributed by atoms with Gasteiger partial charge in [-0.2, -0.15) is 0 Å². The number of allylic oxidation sites excluding steroid dienone is 2. The molecular formula is C16H24O4. The molecule has 1 rings (SSSR count). The van der Waals surface area contributed by atoms with Crippen LogP contribution in [0, 0.1) is 11.8 Å². The average Bonchev–Trinajstić information content (AvgIpc) is 2.61. The topological polar surface area (TPSA) is 60.4 Å². The lowest BCUT2D eigenvalue weighted by molar-refractivity contribution is -0.135. The van der Waals surface area contributed by atoms with Gasteiger partial charge in [-0.1, -0.05) is 13.8 Å². The number of ether oxygens (including phenoxy) is 1. The summed E-state index contributed by atoms with van der Waals surface area (Å²) in [6.45, 7) is 7.65. The minimum absolute atomic E-state index is 0.152. The van der Waals surface area contributed by atoms with Crippen molar-refractivity contribution >= 4 is 17.3 Å². The van der Waals surface area contributed by atoms with Crippen molar-refractivity contribution in [3.63, 3.8) is 0 Å². The molecule has 0 saturated heterocycles. The van der Waals surface area contributed by atoms with Gasteiger partial charge in [0.15, 0.2) is 17.3 Å². The van der Waals surface area contributed by atoms with E-state index in [2.05, 4.69) is 0 Å². The van der Waals surface area contributed by atoms with Crippen LogP contribution in [0.4, 0.5) is 0 Å². The fraction of sp³-hybridized carbons (Fsp3) is 0.688. The number of hydrogen-bond donors (Lipinski definition) is 0. The molecule has 1 aliphatic carbocycles. The summed E-state index contributed by atoms with van der Waals surface area (Å²) in [5.41, 5.74) is 0.117. The molecule has 0 saturated carbocycles. The van der Waals surface area contributed by atoms with Gasteiger partial charge in [0, 0.05) is 19.1 Å². The molecule has 0 amide bonds. The van der Waals surface area contributed by atoms with Gasteiger partial charge in [0.2, 0.25) is 0 Å². The molecule has 0 heterocycles. The fourth-order valence-electron chi connectivity index (χ4n) is 2.20. The van der Waals surface area contributed by atoms with Crippen molar-refractivity contribution in [3.8, 4) is 0 Å². The van der Waals surface area contributed by atoms with Gasteiger partial charge < -0.3 is 4.74 Å². The number of Topliss-reactive ketones (excluding diaryl/α,β-unsaturated/α-hetero) is 2. The molecule has 0 bridgehead atoms. The first-order valence-electron chi connectivity index (χ1n) is 7.04. The maximum absolute atomic E-state index is 12.2. The first-order chi connectivity index (χ1) is 9.18. The minimum Gasteiger partial charge on any atom is -0.379 e. The predicted molar refractivity (Wildman–Crippen MR) is 76.4 cm³/mol. The summed E-state index contributed by atoms with van der Waals surface area (Å²) in [5, 5.41) is 0. The van der Waals surface area contributed by atoms with E-state index in [0.29, 0.717) is 18.4 Å². The van der Waals surface area contributed by atoms with Crippen LogP contribution in [-0.2, 0) is 19.1 Å². The molecule has 0 spiro atoms. The van der Waals surface area contributed by atoms with E-state index in [1.165, 1.54) is 6.08 Å². The first kappa shape index (κ1) is 16.8. The third-order valence-electron chi connectivity index (χ3n) is 3.66. The molecule has 0 N–H and O–H groups in total. The standard InChI is InChI=1S/C16H24O4/c1-10(2)8-12(17)14-13(18)9-11(15(14)19)6-7-16(3,4)20-5/h9-10,14H,6-8H2,1-5H3/t14-/m0/s1.